The van der Waals surface area contributed by atoms with Gasteiger partial charge in [-0.05, 0) is 29.8 Å². The van der Waals surface area contributed by atoms with Gasteiger partial charge in [0.15, 0.2) is 0 Å². The SMILES string of the molecule is Cn1cc(CNCc2ccc(F)c(Cl)c2)c(-c2ccncc2)n1. The largest absolute Gasteiger partial charge is 0.308 e. The molecule has 0 bridgehead atoms. The molecule has 118 valence electrons. The van der Waals surface area contributed by atoms with Crippen molar-refractivity contribution in [3.8, 4) is 11.3 Å². The van der Waals surface area contributed by atoms with Gasteiger partial charge in [-0.1, -0.05) is 17.7 Å². The predicted molar refractivity (Wildman–Crippen MR) is 88.4 cm³/mol. The minimum Gasteiger partial charge on any atom is -0.308 e. The second-order valence-corrected chi connectivity index (χ2v) is 5.67. The smallest absolute Gasteiger partial charge is 0.141 e. The van der Waals surface area contributed by atoms with Crippen molar-refractivity contribution >= 4 is 11.6 Å². The maximum absolute atomic E-state index is 13.2. The van der Waals surface area contributed by atoms with Crippen LogP contribution in [0.5, 0.6) is 0 Å². The lowest BCUT2D eigenvalue weighted by molar-refractivity contribution is 0.625. The van der Waals surface area contributed by atoms with Gasteiger partial charge in [0.1, 0.15) is 5.82 Å². The van der Waals surface area contributed by atoms with Crippen molar-refractivity contribution in [3.63, 3.8) is 0 Å². The molecule has 0 aliphatic rings. The Labute approximate surface area is 138 Å². The Morgan fingerprint density at radius 1 is 1.17 bits per heavy atom. The molecule has 2 aromatic heterocycles. The van der Waals surface area contributed by atoms with Crippen molar-refractivity contribution in [3.05, 3.63) is 70.9 Å². The Morgan fingerprint density at radius 3 is 2.70 bits per heavy atom. The summed E-state index contributed by atoms with van der Waals surface area (Å²) in [6, 6.07) is 8.61. The quantitative estimate of drug-likeness (QED) is 0.777. The third-order valence-electron chi connectivity index (χ3n) is 3.49. The van der Waals surface area contributed by atoms with Crippen molar-refractivity contribution in [2.75, 3.05) is 0 Å². The van der Waals surface area contributed by atoms with E-state index in [4.69, 9.17) is 11.6 Å². The lowest BCUT2D eigenvalue weighted by Gasteiger charge is -2.06. The first kappa shape index (κ1) is 15.6. The van der Waals surface area contributed by atoms with Crippen LogP contribution >= 0.6 is 11.6 Å². The van der Waals surface area contributed by atoms with Crippen molar-refractivity contribution in [1.82, 2.24) is 20.1 Å². The third-order valence-corrected chi connectivity index (χ3v) is 3.78. The maximum Gasteiger partial charge on any atom is 0.141 e. The minimum absolute atomic E-state index is 0.142. The van der Waals surface area contributed by atoms with E-state index in [2.05, 4.69) is 15.4 Å². The topological polar surface area (TPSA) is 42.7 Å². The van der Waals surface area contributed by atoms with E-state index < -0.39 is 5.82 Å². The van der Waals surface area contributed by atoms with Crippen LogP contribution < -0.4 is 5.32 Å². The average molecular weight is 331 g/mol. The van der Waals surface area contributed by atoms with Gasteiger partial charge >= 0.3 is 0 Å². The summed E-state index contributed by atoms with van der Waals surface area (Å²) in [5.74, 6) is -0.400. The summed E-state index contributed by atoms with van der Waals surface area (Å²) in [5.41, 5.74) is 3.99. The lowest BCUT2D eigenvalue weighted by Crippen LogP contribution is -2.13. The van der Waals surface area contributed by atoms with E-state index in [1.165, 1.54) is 6.07 Å². The summed E-state index contributed by atoms with van der Waals surface area (Å²) >= 11 is 5.80. The average Bonchev–Trinajstić information content (AvgIpc) is 2.92. The lowest BCUT2D eigenvalue weighted by atomic mass is 10.1. The van der Waals surface area contributed by atoms with Gasteiger partial charge in [-0.25, -0.2) is 4.39 Å². The molecule has 0 aliphatic carbocycles. The number of benzene rings is 1. The summed E-state index contributed by atoms with van der Waals surface area (Å²) in [6.45, 7) is 1.26. The Hall–Kier alpha value is -2.24. The fourth-order valence-electron chi connectivity index (χ4n) is 2.41. The van der Waals surface area contributed by atoms with Gasteiger partial charge in [-0.3, -0.25) is 9.67 Å². The molecule has 2 heterocycles. The molecule has 23 heavy (non-hydrogen) atoms. The van der Waals surface area contributed by atoms with Crippen LogP contribution in [-0.2, 0) is 20.1 Å². The van der Waals surface area contributed by atoms with Crippen molar-refractivity contribution < 1.29 is 4.39 Å². The zero-order valence-electron chi connectivity index (χ0n) is 12.6. The van der Waals surface area contributed by atoms with Crippen LogP contribution in [0, 0.1) is 5.82 Å². The highest BCUT2D eigenvalue weighted by atomic mass is 35.5. The molecule has 3 rings (SSSR count). The molecule has 0 unspecified atom stereocenters. The molecule has 6 heteroatoms. The van der Waals surface area contributed by atoms with Gasteiger partial charge in [0.25, 0.3) is 0 Å². The summed E-state index contributed by atoms with van der Waals surface area (Å²) in [7, 11) is 1.90. The number of hydrogen-bond donors (Lipinski definition) is 1. The maximum atomic E-state index is 13.2. The Morgan fingerprint density at radius 2 is 1.96 bits per heavy atom. The van der Waals surface area contributed by atoms with E-state index in [-0.39, 0.29) is 5.02 Å². The minimum atomic E-state index is -0.400. The molecule has 0 saturated carbocycles. The van der Waals surface area contributed by atoms with Gasteiger partial charge in [-0.2, -0.15) is 5.10 Å². The predicted octanol–water partition coefficient (Wildman–Crippen LogP) is 3.56. The first-order chi connectivity index (χ1) is 11.1. The highest BCUT2D eigenvalue weighted by molar-refractivity contribution is 6.30. The number of rotatable bonds is 5. The monoisotopic (exact) mass is 330 g/mol. The number of nitrogens with zero attached hydrogens (tertiary/aromatic N) is 3. The van der Waals surface area contributed by atoms with Gasteiger partial charge in [-0.15, -0.1) is 0 Å². The van der Waals surface area contributed by atoms with E-state index in [0.29, 0.717) is 13.1 Å². The highest BCUT2D eigenvalue weighted by Crippen LogP contribution is 2.21. The molecule has 4 nitrogen and oxygen atoms in total. The van der Waals surface area contributed by atoms with Crippen LogP contribution in [0.3, 0.4) is 0 Å². The molecule has 0 radical (unpaired) electrons. The molecule has 0 saturated heterocycles. The molecule has 0 atom stereocenters. The van der Waals surface area contributed by atoms with Gasteiger partial charge in [0, 0.05) is 49.9 Å². The van der Waals surface area contributed by atoms with Crippen LogP contribution in [0.4, 0.5) is 4.39 Å². The first-order valence-electron chi connectivity index (χ1n) is 7.21. The van der Waals surface area contributed by atoms with E-state index in [0.717, 1.165) is 22.4 Å². The molecular formula is C17H16ClFN4. The number of halogens is 2. The normalized spacial score (nSPS) is 10.9. The first-order valence-corrected chi connectivity index (χ1v) is 7.59. The molecule has 0 spiro atoms. The molecule has 0 aliphatic heterocycles. The number of nitrogens with one attached hydrogen (secondary N) is 1. The molecular weight excluding hydrogens is 315 g/mol. The summed E-state index contributed by atoms with van der Waals surface area (Å²) in [6.07, 6.45) is 5.49. The number of pyridine rings is 1. The standard InChI is InChI=1S/C17H16ClFN4/c1-23-11-14(17(22-23)13-4-6-20-7-5-13)10-21-9-12-2-3-16(19)15(18)8-12/h2-8,11,21H,9-10H2,1H3. The molecule has 3 aromatic rings. The number of aromatic nitrogens is 3. The Balaban J connectivity index is 1.70. The second kappa shape index (κ2) is 6.89. The zero-order valence-corrected chi connectivity index (χ0v) is 13.4. The second-order valence-electron chi connectivity index (χ2n) is 5.26. The zero-order chi connectivity index (χ0) is 16.2. The van der Waals surface area contributed by atoms with Crippen LogP contribution in [0.25, 0.3) is 11.3 Å². The van der Waals surface area contributed by atoms with Gasteiger partial charge in [0.2, 0.25) is 0 Å². The fraction of sp³-hybridized carbons (Fsp3) is 0.176. The van der Waals surface area contributed by atoms with E-state index in [9.17, 15) is 4.39 Å². The van der Waals surface area contributed by atoms with Crippen molar-refractivity contribution in [1.29, 1.82) is 0 Å². The van der Waals surface area contributed by atoms with Gasteiger partial charge < -0.3 is 5.32 Å². The van der Waals surface area contributed by atoms with E-state index >= 15 is 0 Å². The van der Waals surface area contributed by atoms with Gasteiger partial charge in [0.05, 0.1) is 10.7 Å². The van der Waals surface area contributed by atoms with E-state index in [1.807, 2.05) is 25.4 Å². The molecule has 1 aromatic carbocycles. The van der Waals surface area contributed by atoms with Crippen molar-refractivity contribution in [2.45, 2.75) is 13.1 Å². The summed E-state index contributed by atoms with van der Waals surface area (Å²) < 4.78 is 15.0. The number of aryl methyl sites for hydroxylation is 1. The van der Waals surface area contributed by atoms with Crippen LogP contribution in [0.2, 0.25) is 5.02 Å². The molecule has 1 N–H and O–H groups in total. The Kier molecular flexibility index (Phi) is 4.69. The van der Waals surface area contributed by atoms with E-state index in [1.54, 1.807) is 29.2 Å². The number of hydrogen-bond acceptors (Lipinski definition) is 3. The third kappa shape index (κ3) is 3.75. The van der Waals surface area contributed by atoms with Crippen molar-refractivity contribution in [2.24, 2.45) is 7.05 Å². The molecule has 0 fully saturated rings. The fourth-order valence-corrected chi connectivity index (χ4v) is 2.61. The highest BCUT2D eigenvalue weighted by Gasteiger charge is 2.10. The Bertz CT molecular complexity index is 802. The molecule has 0 amide bonds. The van der Waals surface area contributed by atoms with Crippen LogP contribution in [-0.4, -0.2) is 14.8 Å². The summed E-state index contributed by atoms with van der Waals surface area (Å²) in [5, 5.41) is 7.99. The van der Waals surface area contributed by atoms with Crippen LogP contribution in [0.1, 0.15) is 11.1 Å². The van der Waals surface area contributed by atoms with Crippen LogP contribution in [0.15, 0.2) is 48.9 Å². The summed E-state index contributed by atoms with van der Waals surface area (Å²) in [4.78, 5) is 4.03.